The zero-order valence-electron chi connectivity index (χ0n) is 7.76. The van der Waals surface area contributed by atoms with Gasteiger partial charge in [0.25, 0.3) is 0 Å². The molecule has 0 spiro atoms. The molecule has 1 rings (SSSR count). The van der Waals surface area contributed by atoms with Crippen LogP contribution in [0.3, 0.4) is 0 Å². The van der Waals surface area contributed by atoms with Crippen molar-refractivity contribution in [1.82, 2.24) is 0 Å². The van der Waals surface area contributed by atoms with Crippen molar-refractivity contribution in [3.63, 3.8) is 0 Å². The standard InChI is InChI=1S/C9H10.2ClH.2Mg/c1-3-9-6-4-8(2)5-7-9;;;;/h3-7H,2H2,1H3;2*1H;;/q-2;;;2*+2/p-2. The van der Waals surface area contributed by atoms with Crippen LogP contribution in [-0.2, 0) is 0 Å². The average molecular weight is 238 g/mol. The van der Waals surface area contributed by atoms with Crippen LogP contribution < -0.4 is 24.8 Å². The summed E-state index contributed by atoms with van der Waals surface area (Å²) < 4.78 is 0. The van der Waals surface area contributed by atoms with Crippen LogP contribution >= 0.6 is 0 Å². The van der Waals surface area contributed by atoms with E-state index in [0.717, 1.165) is 5.56 Å². The second kappa shape index (κ2) is 13.1. The topological polar surface area (TPSA) is 0 Å². The minimum absolute atomic E-state index is 0. The second-order valence-electron chi connectivity index (χ2n) is 2.03. The molecule has 0 atom stereocenters. The molecule has 0 bridgehead atoms. The molecule has 0 fully saturated rings. The molecule has 0 radical (unpaired) electrons. The van der Waals surface area contributed by atoms with Crippen molar-refractivity contribution in [2.75, 3.05) is 0 Å². The first-order valence-electron chi connectivity index (χ1n) is 3.04. The van der Waals surface area contributed by atoms with E-state index in [2.05, 4.69) is 25.5 Å². The van der Waals surface area contributed by atoms with Gasteiger partial charge in [-0.1, -0.05) is 6.92 Å². The number of hydrogen-bond acceptors (Lipinski definition) is 0. The summed E-state index contributed by atoms with van der Waals surface area (Å²) in [6, 6.07) is 8.13. The van der Waals surface area contributed by atoms with E-state index in [1.165, 1.54) is 5.56 Å². The molecular formula is C9H10Cl2Mg2. The summed E-state index contributed by atoms with van der Waals surface area (Å²) in [6.07, 6.45) is 2.07. The predicted molar refractivity (Wildman–Crippen MR) is 51.5 cm³/mol. The van der Waals surface area contributed by atoms with Gasteiger partial charge in [0.2, 0.25) is 0 Å². The molecule has 0 nitrogen and oxygen atoms in total. The molecule has 4 heteroatoms. The largest absolute Gasteiger partial charge is 2.00 e. The summed E-state index contributed by atoms with van der Waals surface area (Å²) in [5.41, 5.74) is 2.32. The van der Waals surface area contributed by atoms with Gasteiger partial charge < -0.3 is 24.8 Å². The van der Waals surface area contributed by atoms with Gasteiger partial charge in [0.1, 0.15) is 0 Å². The van der Waals surface area contributed by atoms with E-state index in [-0.39, 0.29) is 70.9 Å². The molecule has 1 aromatic rings. The summed E-state index contributed by atoms with van der Waals surface area (Å²) in [5.74, 6) is 0. The maximum atomic E-state index is 3.78. The van der Waals surface area contributed by atoms with Crippen molar-refractivity contribution >= 4 is 46.1 Å². The Kier molecular flexibility index (Phi) is 23.8. The van der Waals surface area contributed by atoms with Gasteiger partial charge in [-0.25, -0.2) is 42.3 Å². The van der Waals surface area contributed by atoms with Crippen LogP contribution in [0.25, 0.3) is 0 Å². The fourth-order valence-electron chi connectivity index (χ4n) is 0.710. The van der Waals surface area contributed by atoms with E-state index < -0.39 is 0 Å². The van der Waals surface area contributed by atoms with Gasteiger partial charge in [0, 0.05) is 0 Å². The molecule has 0 aromatic heterocycles. The minimum Gasteiger partial charge on any atom is -1.00 e. The number of rotatable bonds is 1. The predicted octanol–water partition coefficient (Wildman–Crippen LogP) is -4.31. The number of hydrogen-bond donors (Lipinski definition) is 0. The van der Waals surface area contributed by atoms with E-state index in [4.69, 9.17) is 0 Å². The van der Waals surface area contributed by atoms with E-state index in [1.807, 2.05) is 19.1 Å². The van der Waals surface area contributed by atoms with Gasteiger partial charge in [0.15, 0.2) is 0 Å². The first-order valence-corrected chi connectivity index (χ1v) is 3.04. The quantitative estimate of drug-likeness (QED) is 0.343. The first kappa shape index (κ1) is 23.7. The van der Waals surface area contributed by atoms with Crippen molar-refractivity contribution in [2.45, 2.75) is 6.92 Å². The maximum Gasteiger partial charge on any atom is 2.00 e. The Balaban J connectivity index is -0.000000101. The second-order valence-corrected chi connectivity index (χ2v) is 2.03. The van der Waals surface area contributed by atoms with Gasteiger partial charge >= 0.3 is 46.1 Å². The van der Waals surface area contributed by atoms with Gasteiger partial charge in [-0.15, -0.1) is 0 Å². The van der Waals surface area contributed by atoms with Crippen LogP contribution in [0.5, 0.6) is 0 Å². The molecule has 0 heterocycles. The zero-order chi connectivity index (χ0) is 6.69. The molecule has 0 unspecified atom stereocenters. The van der Waals surface area contributed by atoms with Crippen molar-refractivity contribution in [1.29, 1.82) is 0 Å². The molecule has 1 aromatic carbocycles. The molecule has 0 aliphatic rings. The molecule has 13 heavy (non-hydrogen) atoms. The van der Waals surface area contributed by atoms with Crippen LogP contribution in [0.2, 0.25) is 0 Å². The molecule has 64 valence electrons. The van der Waals surface area contributed by atoms with Crippen LogP contribution in [-0.4, -0.2) is 46.1 Å². The van der Waals surface area contributed by atoms with Gasteiger partial charge in [-0.05, 0) is 0 Å². The van der Waals surface area contributed by atoms with Crippen LogP contribution in [0, 0.1) is 13.3 Å². The van der Waals surface area contributed by atoms with Crippen LogP contribution in [0.15, 0.2) is 24.3 Å². The molecule has 0 saturated carbocycles. The Morgan fingerprint density at radius 2 is 1.38 bits per heavy atom. The van der Waals surface area contributed by atoms with Gasteiger partial charge in [-0.3, -0.25) is 0 Å². The summed E-state index contributed by atoms with van der Waals surface area (Å²) in [6.45, 7) is 5.81. The summed E-state index contributed by atoms with van der Waals surface area (Å²) in [5, 5.41) is 0. The fraction of sp³-hybridized carbons (Fsp3) is 0.111. The van der Waals surface area contributed by atoms with Crippen LogP contribution in [0.4, 0.5) is 0 Å². The fourth-order valence-corrected chi connectivity index (χ4v) is 0.710. The monoisotopic (exact) mass is 236 g/mol. The van der Waals surface area contributed by atoms with Crippen molar-refractivity contribution in [3.05, 3.63) is 48.7 Å². The third-order valence-electron chi connectivity index (χ3n) is 1.31. The van der Waals surface area contributed by atoms with E-state index >= 15 is 0 Å². The Morgan fingerprint density at radius 1 is 1.00 bits per heavy atom. The Morgan fingerprint density at radius 3 is 1.69 bits per heavy atom. The smallest absolute Gasteiger partial charge is 1.00 e. The molecule has 0 aliphatic heterocycles. The third-order valence-corrected chi connectivity index (χ3v) is 1.31. The summed E-state index contributed by atoms with van der Waals surface area (Å²) >= 11 is 0. The minimum atomic E-state index is 0. The van der Waals surface area contributed by atoms with Crippen molar-refractivity contribution in [2.24, 2.45) is 0 Å². The van der Waals surface area contributed by atoms with Crippen molar-refractivity contribution < 1.29 is 24.8 Å². The normalized spacial score (nSPS) is 6.23. The molecule has 0 amide bonds. The molecule has 0 aliphatic carbocycles. The Bertz CT molecular complexity index is 187. The molecule has 0 saturated heterocycles. The first-order chi connectivity index (χ1) is 4.33. The van der Waals surface area contributed by atoms with E-state index in [1.54, 1.807) is 0 Å². The molecular weight excluding hydrogens is 228 g/mol. The third kappa shape index (κ3) is 9.38. The van der Waals surface area contributed by atoms with Gasteiger partial charge in [0.05, 0.1) is 0 Å². The Hall–Kier alpha value is 1.07. The Labute approximate surface area is 125 Å². The maximum absolute atomic E-state index is 3.78. The van der Waals surface area contributed by atoms with Crippen LogP contribution in [0.1, 0.15) is 18.1 Å². The summed E-state index contributed by atoms with van der Waals surface area (Å²) in [4.78, 5) is 0. The molecule has 0 N–H and O–H groups in total. The van der Waals surface area contributed by atoms with Gasteiger partial charge in [-0.2, -0.15) is 6.42 Å². The van der Waals surface area contributed by atoms with E-state index in [9.17, 15) is 0 Å². The number of benzene rings is 1. The number of halogens is 2. The van der Waals surface area contributed by atoms with Crippen molar-refractivity contribution in [3.8, 4) is 0 Å². The SMILES string of the molecule is [CH2-]c1ccc([CH-]C)cc1.[Cl-].[Cl-].[Mg+2].[Mg+2]. The summed E-state index contributed by atoms with van der Waals surface area (Å²) in [7, 11) is 0. The zero-order valence-corrected chi connectivity index (χ0v) is 12.1. The van der Waals surface area contributed by atoms with E-state index in [0.29, 0.717) is 0 Å². The average Bonchev–Trinajstić information content (AvgIpc) is 1.90.